The predicted molar refractivity (Wildman–Crippen MR) is 71.3 cm³/mol. The molecule has 1 atom stereocenters. The third-order valence-electron chi connectivity index (χ3n) is 2.84. The molecule has 0 aliphatic heterocycles. The van der Waals surface area contributed by atoms with Gasteiger partial charge in [-0.25, -0.2) is 4.39 Å². The zero-order valence-electron chi connectivity index (χ0n) is 10.4. The van der Waals surface area contributed by atoms with Gasteiger partial charge < -0.3 is 10.4 Å². The average Bonchev–Trinajstić information content (AvgIpc) is 2.41. The molecule has 96 valence electrons. The smallest absolute Gasteiger partial charge is 0.147 e. The maximum absolute atomic E-state index is 13.7. The van der Waals surface area contributed by atoms with Crippen molar-refractivity contribution in [3.63, 3.8) is 0 Å². The number of phenolic OH excluding ortho intramolecular Hbond substituents is 1. The monoisotopic (exact) mass is 256 g/mol. The number of aromatic hydroxyl groups is 1. The van der Waals surface area contributed by atoms with Crippen molar-refractivity contribution in [3.8, 4) is 11.8 Å². The molecule has 4 heteroatoms. The number of phenols is 1. The quantitative estimate of drug-likeness (QED) is 0.882. The van der Waals surface area contributed by atoms with Gasteiger partial charge in [0.05, 0.1) is 17.3 Å². The highest BCUT2D eigenvalue weighted by Crippen LogP contribution is 2.24. The molecule has 19 heavy (non-hydrogen) atoms. The topological polar surface area (TPSA) is 56.0 Å². The number of nitriles is 1. The molecular formula is C15H13FN2O. The SMILES string of the molecule is CC(Nc1ccc(C#N)cc1F)c1cccc(O)c1. The van der Waals surface area contributed by atoms with Crippen LogP contribution in [0.5, 0.6) is 5.75 Å². The summed E-state index contributed by atoms with van der Waals surface area (Å²) in [4.78, 5) is 0. The first-order valence-electron chi connectivity index (χ1n) is 5.85. The number of hydrogen-bond donors (Lipinski definition) is 2. The predicted octanol–water partition coefficient (Wildman–Crippen LogP) is 3.58. The maximum Gasteiger partial charge on any atom is 0.147 e. The number of nitrogens with zero attached hydrogens (tertiary/aromatic N) is 1. The van der Waals surface area contributed by atoms with E-state index in [9.17, 15) is 9.50 Å². The summed E-state index contributed by atoms with van der Waals surface area (Å²) in [6, 6.07) is 12.8. The van der Waals surface area contributed by atoms with Crippen molar-refractivity contribution < 1.29 is 9.50 Å². The molecule has 0 radical (unpaired) electrons. The summed E-state index contributed by atoms with van der Waals surface area (Å²) in [7, 11) is 0. The lowest BCUT2D eigenvalue weighted by molar-refractivity contribution is 0.474. The Labute approximate surface area is 110 Å². The lowest BCUT2D eigenvalue weighted by Crippen LogP contribution is -2.07. The summed E-state index contributed by atoms with van der Waals surface area (Å²) in [6.45, 7) is 1.87. The normalized spacial score (nSPS) is 11.6. The summed E-state index contributed by atoms with van der Waals surface area (Å²) >= 11 is 0. The molecular weight excluding hydrogens is 243 g/mol. The minimum absolute atomic E-state index is 0.158. The molecule has 0 heterocycles. The van der Waals surface area contributed by atoms with Gasteiger partial charge in [-0.3, -0.25) is 0 Å². The Morgan fingerprint density at radius 1 is 1.26 bits per heavy atom. The molecule has 2 aromatic carbocycles. The molecule has 0 fully saturated rings. The summed E-state index contributed by atoms with van der Waals surface area (Å²) in [5.41, 5.74) is 1.46. The fourth-order valence-corrected chi connectivity index (χ4v) is 1.81. The molecule has 0 spiro atoms. The zero-order chi connectivity index (χ0) is 13.8. The summed E-state index contributed by atoms with van der Waals surface area (Å²) < 4.78 is 13.7. The van der Waals surface area contributed by atoms with Gasteiger partial charge in [0.1, 0.15) is 11.6 Å². The third-order valence-corrected chi connectivity index (χ3v) is 2.84. The van der Waals surface area contributed by atoms with Crippen LogP contribution in [0.15, 0.2) is 42.5 Å². The highest BCUT2D eigenvalue weighted by atomic mass is 19.1. The summed E-state index contributed by atoms with van der Waals surface area (Å²) in [6.07, 6.45) is 0. The maximum atomic E-state index is 13.7. The van der Waals surface area contributed by atoms with Crippen molar-refractivity contribution in [2.75, 3.05) is 5.32 Å². The molecule has 1 unspecified atom stereocenters. The lowest BCUT2D eigenvalue weighted by atomic mass is 10.1. The van der Waals surface area contributed by atoms with Crippen LogP contribution in [-0.2, 0) is 0 Å². The van der Waals surface area contributed by atoms with Crippen LogP contribution < -0.4 is 5.32 Å². The number of rotatable bonds is 3. The molecule has 0 aliphatic carbocycles. The molecule has 0 saturated heterocycles. The van der Waals surface area contributed by atoms with E-state index < -0.39 is 5.82 Å². The molecule has 3 nitrogen and oxygen atoms in total. The Hall–Kier alpha value is -2.54. The second-order valence-electron chi connectivity index (χ2n) is 4.27. The number of benzene rings is 2. The number of hydrogen-bond acceptors (Lipinski definition) is 3. The van der Waals surface area contributed by atoms with E-state index in [2.05, 4.69) is 5.32 Å². The van der Waals surface area contributed by atoms with E-state index in [4.69, 9.17) is 5.26 Å². The average molecular weight is 256 g/mol. The van der Waals surface area contributed by atoms with Crippen molar-refractivity contribution in [2.45, 2.75) is 13.0 Å². The molecule has 0 bridgehead atoms. The fraction of sp³-hybridized carbons (Fsp3) is 0.133. The summed E-state index contributed by atoms with van der Waals surface area (Å²) in [5, 5.41) is 21.1. The first-order chi connectivity index (χ1) is 9.10. The van der Waals surface area contributed by atoms with E-state index in [-0.39, 0.29) is 17.4 Å². The van der Waals surface area contributed by atoms with Crippen LogP contribution in [0.3, 0.4) is 0 Å². The molecule has 2 N–H and O–H groups in total. The van der Waals surface area contributed by atoms with Crippen LogP contribution in [-0.4, -0.2) is 5.11 Å². The second kappa shape index (κ2) is 5.40. The Kier molecular flexibility index (Phi) is 3.67. The van der Waals surface area contributed by atoms with Crippen LogP contribution in [0, 0.1) is 17.1 Å². The van der Waals surface area contributed by atoms with Gasteiger partial charge in [0.2, 0.25) is 0 Å². The Bertz CT molecular complexity index is 634. The number of halogens is 1. The van der Waals surface area contributed by atoms with Crippen molar-refractivity contribution in [2.24, 2.45) is 0 Å². The van der Waals surface area contributed by atoms with Gasteiger partial charge in [-0.15, -0.1) is 0 Å². The van der Waals surface area contributed by atoms with Gasteiger partial charge in [0.25, 0.3) is 0 Å². The van der Waals surface area contributed by atoms with Crippen LogP contribution >= 0.6 is 0 Å². The van der Waals surface area contributed by atoms with E-state index in [0.29, 0.717) is 5.69 Å². The van der Waals surface area contributed by atoms with Crippen LogP contribution in [0.25, 0.3) is 0 Å². The molecule has 0 aliphatic rings. The van der Waals surface area contributed by atoms with E-state index in [1.807, 2.05) is 19.1 Å². The third kappa shape index (κ3) is 3.02. The van der Waals surface area contributed by atoms with E-state index >= 15 is 0 Å². The van der Waals surface area contributed by atoms with E-state index in [1.54, 1.807) is 24.3 Å². The van der Waals surface area contributed by atoms with Crippen LogP contribution in [0.2, 0.25) is 0 Å². The first-order valence-corrected chi connectivity index (χ1v) is 5.85. The Morgan fingerprint density at radius 3 is 2.68 bits per heavy atom. The van der Waals surface area contributed by atoms with Gasteiger partial charge in [0, 0.05) is 6.04 Å². The van der Waals surface area contributed by atoms with Crippen molar-refractivity contribution in [1.82, 2.24) is 0 Å². The highest BCUT2D eigenvalue weighted by Gasteiger charge is 2.09. The Morgan fingerprint density at radius 2 is 2.05 bits per heavy atom. The fourth-order valence-electron chi connectivity index (χ4n) is 1.81. The first kappa shape index (κ1) is 12.9. The van der Waals surface area contributed by atoms with Crippen molar-refractivity contribution in [1.29, 1.82) is 5.26 Å². The lowest BCUT2D eigenvalue weighted by Gasteiger charge is -2.16. The number of nitrogens with one attached hydrogen (secondary N) is 1. The van der Waals surface area contributed by atoms with Crippen molar-refractivity contribution >= 4 is 5.69 Å². The van der Waals surface area contributed by atoms with Gasteiger partial charge in [-0.2, -0.15) is 5.26 Å². The standard InChI is InChI=1S/C15H13FN2O/c1-10(12-3-2-4-13(19)8-12)18-15-6-5-11(9-17)7-14(15)16/h2-8,10,18-19H,1H3. The van der Waals surface area contributed by atoms with Crippen LogP contribution in [0.1, 0.15) is 24.1 Å². The molecule has 0 saturated carbocycles. The Balaban J connectivity index is 2.20. The van der Waals surface area contributed by atoms with Gasteiger partial charge in [0.15, 0.2) is 0 Å². The highest BCUT2D eigenvalue weighted by molar-refractivity contribution is 5.50. The molecule has 0 aromatic heterocycles. The second-order valence-corrected chi connectivity index (χ2v) is 4.27. The van der Waals surface area contributed by atoms with E-state index in [0.717, 1.165) is 5.56 Å². The largest absolute Gasteiger partial charge is 0.508 e. The minimum atomic E-state index is -0.467. The van der Waals surface area contributed by atoms with E-state index in [1.165, 1.54) is 12.1 Å². The summed E-state index contributed by atoms with van der Waals surface area (Å²) in [5.74, 6) is -0.294. The van der Waals surface area contributed by atoms with Gasteiger partial charge in [-0.05, 0) is 42.8 Å². The van der Waals surface area contributed by atoms with Gasteiger partial charge in [-0.1, -0.05) is 12.1 Å². The zero-order valence-corrected chi connectivity index (χ0v) is 10.4. The van der Waals surface area contributed by atoms with Crippen LogP contribution in [0.4, 0.5) is 10.1 Å². The molecule has 2 rings (SSSR count). The van der Waals surface area contributed by atoms with Crippen molar-refractivity contribution in [3.05, 3.63) is 59.4 Å². The van der Waals surface area contributed by atoms with Gasteiger partial charge >= 0.3 is 0 Å². The molecule has 0 amide bonds. The number of anilines is 1. The minimum Gasteiger partial charge on any atom is -0.508 e. The molecule has 2 aromatic rings.